The van der Waals surface area contributed by atoms with Crippen LogP contribution in [0.1, 0.15) is 28.8 Å². The number of rotatable bonds is 3. The van der Waals surface area contributed by atoms with E-state index in [2.05, 4.69) is 33.4 Å². The summed E-state index contributed by atoms with van der Waals surface area (Å²) in [5.74, 6) is 0.0435. The molecule has 4 rings (SSSR count). The van der Waals surface area contributed by atoms with Gasteiger partial charge in [-0.2, -0.15) is 5.10 Å². The summed E-state index contributed by atoms with van der Waals surface area (Å²) in [5, 5.41) is 7.19. The Hall–Kier alpha value is -2.43. The Labute approximate surface area is 127 Å². The van der Waals surface area contributed by atoms with Gasteiger partial charge in [-0.15, -0.1) is 0 Å². The highest BCUT2D eigenvalue weighted by Gasteiger charge is 2.16. The summed E-state index contributed by atoms with van der Waals surface area (Å²) >= 11 is 0. The highest BCUT2D eigenvalue weighted by Crippen LogP contribution is 2.26. The van der Waals surface area contributed by atoms with Gasteiger partial charge in [0.25, 0.3) is 0 Å². The van der Waals surface area contributed by atoms with Gasteiger partial charge in [0, 0.05) is 0 Å². The number of hydrogen-bond acceptors (Lipinski definition) is 3. The molecular weight excluding hydrogens is 279 g/mol. The first-order valence-electron chi connectivity index (χ1n) is 7.61. The second-order valence-electron chi connectivity index (χ2n) is 5.83. The third-order valence-electron chi connectivity index (χ3n) is 4.48. The molecule has 0 unspecified atom stereocenters. The molecular formula is C17H17FN4. The van der Waals surface area contributed by atoms with Crippen LogP contribution in [0.2, 0.25) is 0 Å². The van der Waals surface area contributed by atoms with Crippen molar-refractivity contribution in [2.45, 2.75) is 32.1 Å². The second-order valence-corrected chi connectivity index (χ2v) is 5.83. The molecule has 4 nitrogen and oxygen atoms in total. The third-order valence-corrected chi connectivity index (χ3v) is 4.48. The molecule has 0 fully saturated rings. The molecule has 0 radical (unpaired) electrons. The fourth-order valence-corrected chi connectivity index (χ4v) is 3.33. The molecule has 112 valence electrons. The highest BCUT2D eigenvalue weighted by molar-refractivity contribution is 5.85. The van der Waals surface area contributed by atoms with E-state index in [4.69, 9.17) is 5.73 Å². The summed E-state index contributed by atoms with van der Waals surface area (Å²) in [6.07, 6.45) is 4.89. The van der Waals surface area contributed by atoms with Gasteiger partial charge in [-0.05, 0) is 54.9 Å². The fraction of sp³-hybridized carbons (Fsp3) is 0.294. The van der Waals surface area contributed by atoms with Crippen LogP contribution in [0.15, 0.2) is 24.3 Å². The maximum absolute atomic E-state index is 14.2. The summed E-state index contributed by atoms with van der Waals surface area (Å²) in [6.45, 7) is 0. The number of nitrogens with two attached hydrogens (primary N) is 1. The molecule has 22 heavy (non-hydrogen) atoms. The van der Waals surface area contributed by atoms with Crippen LogP contribution < -0.4 is 5.73 Å². The molecule has 3 N–H and O–H groups in total. The van der Waals surface area contributed by atoms with E-state index in [1.165, 1.54) is 29.2 Å². The highest BCUT2D eigenvalue weighted by atomic mass is 19.1. The minimum atomic E-state index is -0.312. The SMILES string of the molecule is Nc1[nH]nc2nc(CCc3cccc4c3CCC4)c(F)cc12. The Bertz CT molecular complexity index is 853. The van der Waals surface area contributed by atoms with Crippen molar-refractivity contribution in [1.29, 1.82) is 0 Å². The van der Waals surface area contributed by atoms with Crippen LogP contribution in [0.3, 0.4) is 0 Å². The van der Waals surface area contributed by atoms with Crippen molar-refractivity contribution in [3.63, 3.8) is 0 Å². The van der Waals surface area contributed by atoms with Crippen LogP contribution in [0.4, 0.5) is 10.2 Å². The molecule has 0 saturated heterocycles. The van der Waals surface area contributed by atoms with E-state index in [9.17, 15) is 4.39 Å². The fourth-order valence-electron chi connectivity index (χ4n) is 3.33. The standard InChI is InChI=1S/C17H17FN4/c18-14-9-13-16(19)21-22-17(13)20-15(14)8-7-11-4-1-3-10-5-2-6-12(10)11/h1,3-4,9H,2,5-8H2,(H3,19,20,21,22). The van der Waals surface area contributed by atoms with Crippen molar-refractivity contribution in [2.24, 2.45) is 0 Å². The van der Waals surface area contributed by atoms with Crippen molar-refractivity contribution >= 4 is 16.9 Å². The van der Waals surface area contributed by atoms with Gasteiger partial charge < -0.3 is 5.73 Å². The number of nitrogens with zero attached hydrogens (tertiary/aromatic N) is 2. The number of pyridine rings is 1. The molecule has 1 aliphatic carbocycles. The van der Waals surface area contributed by atoms with E-state index >= 15 is 0 Å². The van der Waals surface area contributed by atoms with Crippen molar-refractivity contribution in [3.05, 3.63) is 52.5 Å². The van der Waals surface area contributed by atoms with Crippen molar-refractivity contribution in [3.8, 4) is 0 Å². The maximum atomic E-state index is 14.2. The molecule has 2 aromatic heterocycles. The van der Waals surface area contributed by atoms with Crippen LogP contribution in [0.25, 0.3) is 11.0 Å². The van der Waals surface area contributed by atoms with E-state index in [1.807, 2.05) is 0 Å². The van der Waals surface area contributed by atoms with Gasteiger partial charge in [-0.1, -0.05) is 18.2 Å². The zero-order chi connectivity index (χ0) is 15.1. The predicted octanol–water partition coefficient (Wildman–Crippen LogP) is 2.95. The number of nitrogen functional groups attached to an aromatic ring is 1. The molecule has 5 heteroatoms. The van der Waals surface area contributed by atoms with Crippen LogP contribution in [-0.4, -0.2) is 15.2 Å². The van der Waals surface area contributed by atoms with E-state index in [0.717, 1.165) is 19.3 Å². The third kappa shape index (κ3) is 2.13. The number of aromatic amines is 1. The first kappa shape index (κ1) is 13.2. The van der Waals surface area contributed by atoms with Gasteiger partial charge in [0.2, 0.25) is 0 Å². The van der Waals surface area contributed by atoms with Crippen LogP contribution in [0, 0.1) is 5.82 Å². The minimum Gasteiger partial charge on any atom is -0.384 e. The number of benzene rings is 1. The van der Waals surface area contributed by atoms with Crippen LogP contribution in [0.5, 0.6) is 0 Å². The zero-order valence-electron chi connectivity index (χ0n) is 12.2. The van der Waals surface area contributed by atoms with Crippen LogP contribution >= 0.6 is 0 Å². The van der Waals surface area contributed by atoms with Gasteiger partial charge >= 0.3 is 0 Å². The largest absolute Gasteiger partial charge is 0.384 e. The topological polar surface area (TPSA) is 67.6 Å². The zero-order valence-corrected chi connectivity index (χ0v) is 12.2. The predicted molar refractivity (Wildman–Crippen MR) is 84.1 cm³/mol. The number of halogens is 1. The quantitative estimate of drug-likeness (QED) is 0.781. The lowest BCUT2D eigenvalue weighted by Gasteiger charge is -2.08. The van der Waals surface area contributed by atoms with Crippen molar-refractivity contribution in [2.75, 3.05) is 5.73 Å². The van der Waals surface area contributed by atoms with Crippen molar-refractivity contribution < 1.29 is 4.39 Å². The number of fused-ring (bicyclic) bond motifs is 2. The smallest absolute Gasteiger partial charge is 0.183 e. The number of hydrogen-bond donors (Lipinski definition) is 2. The average Bonchev–Trinajstić information content (AvgIpc) is 3.13. The van der Waals surface area contributed by atoms with Crippen molar-refractivity contribution in [1.82, 2.24) is 15.2 Å². The van der Waals surface area contributed by atoms with E-state index in [-0.39, 0.29) is 5.82 Å². The first-order chi connectivity index (χ1) is 10.7. The Morgan fingerprint density at radius 1 is 1.23 bits per heavy atom. The molecule has 0 spiro atoms. The lowest BCUT2D eigenvalue weighted by atomic mass is 9.98. The summed E-state index contributed by atoms with van der Waals surface area (Å²) < 4.78 is 14.2. The molecule has 1 aromatic carbocycles. The number of nitrogens with one attached hydrogen (secondary N) is 1. The molecule has 0 atom stereocenters. The van der Waals surface area contributed by atoms with Gasteiger partial charge in [-0.25, -0.2) is 9.37 Å². The monoisotopic (exact) mass is 296 g/mol. The summed E-state index contributed by atoms with van der Waals surface area (Å²) in [7, 11) is 0. The number of aryl methyl sites for hydroxylation is 3. The minimum absolute atomic E-state index is 0.312. The van der Waals surface area contributed by atoms with Gasteiger partial charge in [-0.3, -0.25) is 5.10 Å². The van der Waals surface area contributed by atoms with Gasteiger partial charge in [0.05, 0.1) is 11.1 Å². The van der Waals surface area contributed by atoms with Gasteiger partial charge in [0.1, 0.15) is 11.6 Å². The number of anilines is 1. The summed E-state index contributed by atoms with van der Waals surface area (Å²) in [5.41, 5.74) is 10.8. The first-order valence-corrected chi connectivity index (χ1v) is 7.61. The molecule has 0 aliphatic heterocycles. The normalized spacial score (nSPS) is 13.7. The molecule has 3 aromatic rings. The van der Waals surface area contributed by atoms with E-state index in [1.54, 1.807) is 0 Å². The molecule has 0 saturated carbocycles. The Morgan fingerprint density at radius 3 is 3.05 bits per heavy atom. The lowest BCUT2D eigenvalue weighted by molar-refractivity contribution is 0.600. The average molecular weight is 296 g/mol. The molecule has 2 heterocycles. The Kier molecular flexibility index (Phi) is 3.06. The molecule has 1 aliphatic rings. The Morgan fingerprint density at radius 2 is 2.14 bits per heavy atom. The number of aromatic nitrogens is 3. The lowest BCUT2D eigenvalue weighted by Crippen LogP contribution is -2.01. The second kappa shape index (κ2) is 5.09. The van der Waals surface area contributed by atoms with Gasteiger partial charge in [0.15, 0.2) is 5.65 Å². The summed E-state index contributed by atoms with van der Waals surface area (Å²) in [6, 6.07) is 7.86. The molecule has 0 bridgehead atoms. The Balaban J connectivity index is 1.62. The number of H-pyrrole nitrogens is 1. The summed E-state index contributed by atoms with van der Waals surface area (Å²) in [4.78, 5) is 4.31. The molecule has 0 amide bonds. The van der Waals surface area contributed by atoms with E-state index in [0.29, 0.717) is 29.0 Å². The van der Waals surface area contributed by atoms with E-state index < -0.39 is 0 Å². The maximum Gasteiger partial charge on any atom is 0.183 e. The van der Waals surface area contributed by atoms with Crippen LogP contribution in [-0.2, 0) is 25.7 Å².